The van der Waals surface area contributed by atoms with Crippen LogP contribution in [0.2, 0.25) is 5.02 Å². The standard InChI is InChI=1S/C18H17ClN2O3S/c1-25(23)9-6-12-2-4-14(11-17(12)25)21-18(22)15-10-13(19)3-5-16(15)24-8-7-20/h2-6,9-11H,1,7-8,20H2,(H,21,22). The van der Waals surface area contributed by atoms with Gasteiger partial charge in [0.2, 0.25) is 0 Å². The number of carbonyl (C=O) groups excluding carboxylic acids is 1. The molecule has 25 heavy (non-hydrogen) atoms. The molecule has 2 aromatic rings. The summed E-state index contributed by atoms with van der Waals surface area (Å²) < 4.78 is 17.9. The Bertz CT molecular complexity index is 968. The van der Waals surface area contributed by atoms with E-state index < -0.39 is 9.52 Å². The number of hydrogen-bond donors (Lipinski definition) is 2. The van der Waals surface area contributed by atoms with Gasteiger partial charge in [0.15, 0.2) is 0 Å². The number of benzene rings is 2. The molecule has 130 valence electrons. The van der Waals surface area contributed by atoms with Crippen LogP contribution in [0.15, 0.2) is 46.7 Å². The molecule has 0 aromatic heterocycles. The number of nitrogens with one attached hydrogen (secondary N) is 1. The molecule has 3 rings (SSSR count). The minimum absolute atomic E-state index is 0.288. The largest absolute Gasteiger partial charge is 0.491 e. The highest BCUT2D eigenvalue weighted by atomic mass is 35.5. The Hall–Kier alpha value is -2.28. The maximum absolute atomic E-state index is 12.6. The maximum atomic E-state index is 12.6. The second-order valence-electron chi connectivity index (χ2n) is 5.51. The Labute approximate surface area is 151 Å². The number of halogens is 1. The van der Waals surface area contributed by atoms with Crippen LogP contribution in [-0.2, 0) is 9.52 Å². The molecular formula is C18H17ClN2O3S. The number of carbonyl (C=O) groups is 1. The van der Waals surface area contributed by atoms with Gasteiger partial charge in [-0.15, -0.1) is 0 Å². The van der Waals surface area contributed by atoms with Crippen molar-refractivity contribution in [2.45, 2.75) is 4.90 Å². The summed E-state index contributed by atoms with van der Waals surface area (Å²) in [6.45, 7) is 0.620. The summed E-state index contributed by atoms with van der Waals surface area (Å²) in [5.74, 6) is 3.75. The minimum Gasteiger partial charge on any atom is -0.491 e. The lowest BCUT2D eigenvalue weighted by Crippen LogP contribution is -2.16. The van der Waals surface area contributed by atoms with E-state index in [1.165, 1.54) is 6.07 Å². The molecule has 0 radical (unpaired) electrons. The fraction of sp³-hybridized carbons (Fsp3) is 0.111. The molecule has 0 bridgehead atoms. The van der Waals surface area contributed by atoms with E-state index in [1.54, 1.807) is 41.8 Å². The molecule has 0 spiro atoms. The minimum atomic E-state index is -2.45. The van der Waals surface area contributed by atoms with Gasteiger partial charge in [0.25, 0.3) is 5.91 Å². The molecule has 0 saturated heterocycles. The first-order chi connectivity index (χ1) is 11.9. The van der Waals surface area contributed by atoms with Gasteiger partial charge in [-0.25, -0.2) is 0 Å². The first-order valence-electron chi connectivity index (χ1n) is 7.54. The molecule has 0 fully saturated rings. The van der Waals surface area contributed by atoms with E-state index in [2.05, 4.69) is 11.2 Å². The van der Waals surface area contributed by atoms with Gasteiger partial charge in [0, 0.05) is 31.7 Å². The third-order valence-corrected chi connectivity index (χ3v) is 5.58. The summed E-state index contributed by atoms with van der Waals surface area (Å²) in [6, 6.07) is 10.0. The summed E-state index contributed by atoms with van der Waals surface area (Å²) in [7, 11) is -2.45. The van der Waals surface area contributed by atoms with Crippen LogP contribution < -0.4 is 15.8 Å². The number of hydrogen-bond acceptors (Lipinski definition) is 4. The summed E-state index contributed by atoms with van der Waals surface area (Å²) in [5, 5.41) is 4.78. The van der Waals surface area contributed by atoms with Crippen molar-refractivity contribution in [3.05, 3.63) is 58.0 Å². The van der Waals surface area contributed by atoms with Gasteiger partial charge in [-0.05, 0) is 53.2 Å². The van der Waals surface area contributed by atoms with Crippen molar-refractivity contribution in [2.24, 2.45) is 5.73 Å². The third-order valence-electron chi connectivity index (χ3n) is 3.67. The number of ether oxygens (including phenoxy) is 1. The molecule has 0 saturated carbocycles. The van der Waals surface area contributed by atoms with E-state index in [0.717, 1.165) is 5.56 Å². The van der Waals surface area contributed by atoms with Gasteiger partial charge in [-0.3, -0.25) is 9.00 Å². The molecule has 1 aliphatic heterocycles. The molecule has 7 heteroatoms. The molecule has 5 nitrogen and oxygen atoms in total. The van der Waals surface area contributed by atoms with E-state index >= 15 is 0 Å². The maximum Gasteiger partial charge on any atom is 0.259 e. The van der Waals surface area contributed by atoms with Crippen molar-refractivity contribution in [2.75, 3.05) is 18.5 Å². The summed E-state index contributed by atoms with van der Waals surface area (Å²) in [4.78, 5) is 13.2. The van der Waals surface area contributed by atoms with E-state index in [0.29, 0.717) is 33.5 Å². The molecule has 2 aromatic carbocycles. The second-order valence-corrected chi connectivity index (χ2v) is 8.11. The Morgan fingerprint density at radius 3 is 2.84 bits per heavy atom. The smallest absolute Gasteiger partial charge is 0.259 e. The van der Waals surface area contributed by atoms with E-state index in [-0.39, 0.29) is 12.5 Å². The highest BCUT2D eigenvalue weighted by Crippen LogP contribution is 2.30. The number of amides is 1. The zero-order valence-electron chi connectivity index (χ0n) is 13.3. The van der Waals surface area contributed by atoms with Crippen molar-refractivity contribution >= 4 is 44.7 Å². The van der Waals surface area contributed by atoms with Gasteiger partial charge in [-0.2, -0.15) is 0 Å². The number of fused-ring (bicyclic) bond motifs is 1. The highest BCUT2D eigenvalue weighted by molar-refractivity contribution is 8.03. The fourth-order valence-electron chi connectivity index (χ4n) is 2.48. The number of nitrogens with two attached hydrogens (primary N) is 1. The second kappa shape index (κ2) is 6.92. The molecule has 1 aliphatic rings. The van der Waals surface area contributed by atoms with E-state index in [9.17, 15) is 9.00 Å². The first-order valence-corrected chi connectivity index (χ1v) is 9.71. The molecule has 3 N–H and O–H groups in total. The van der Waals surface area contributed by atoms with Gasteiger partial charge >= 0.3 is 0 Å². The van der Waals surface area contributed by atoms with E-state index in [1.807, 2.05) is 0 Å². The van der Waals surface area contributed by atoms with Crippen molar-refractivity contribution in [1.29, 1.82) is 0 Å². The molecule has 1 atom stereocenters. The third kappa shape index (κ3) is 3.71. The van der Waals surface area contributed by atoms with Crippen LogP contribution in [0.4, 0.5) is 5.69 Å². The van der Waals surface area contributed by atoms with Crippen molar-refractivity contribution in [1.82, 2.24) is 0 Å². The van der Waals surface area contributed by atoms with Crippen LogP contribution in [0.25, 0.3) is 6.08 Å². The lowest BCUT2D eigenvalue weighted by Gasteiger charge is -2.12. The quantitative estimate of drug-likeness (QED) is 0.786. The predicted molar refractivity (Wildman–Crippen MR) is 103 cm³/mol. The number of anilines is 1. The predicted octanol–water partition coefficient (Wildman–Crippen LogP) is 2.99. The van der Waals surface area contributed by atoms with Crippen LogP contribution in [0.1, 0.15) is 15.9 Å². The Morgan fingerprint density at radius 2 is 2.08 bits per heavy atom. The Kier molecular flexibility index (Phi) is 4.85. The normalized spacial score (nSPS) is 18.0. The van der Waals surface area contributed by atoms with Crippen molar-refractivity contribution in [3.63, 3.8) is 0 Å². The van der Waals surface area contributed by atoms with Gasteiger partial charge in [0.05, 0.1) is 5.56 Å². The SMILES string of the molecule is C=S1(=O)C=Cc2ccc(NC(=O)c3cc(Cl)ccc3OCCN)cc21. The first kappa shape index (κ1) is 17.5. The summed E-state index contributed by atoms with van der Waals surface area (Å²) in [6.07, 6.45) is 1.77. The molecule has 0 aliphatic carbocycles. The Balaban J connectivity index is 1.88. The van der Waals surface area contributed by atoms with Gasteiger partial charge in [-0.1, -0.05) is 17.7 Å². The monoisotopic (exact) mass is 376 g/mol. The average molecular weight is 377 g/mol. The van der Waals surface area contributed by atoms with Crippen LogP contribution in [-0.4, -0.2) is 29.1 Å². The molecule has 1 unspecified atom stereocenters. The average Bonchev–Trinajstić information content (AvgIpc) is 2.88. The van der Waals surface area contributed by atoms with E-state index in [4.69, 9.17) is 22.1 Å². The zero-order valence-corrected chi connectivity index (χ0v) is 14.9. The summed E-state index contributed by atoms with van der Waals surface area (Å²) in [5.41, 5.74) is 7.11. The highest BCUT2D eigenvalue weighted by Gasteiger charge is 2.18. The topological polar surface area (TPSA) is 81.4 Å². The lowest BCUT2D eigenvalue weighted by atomic mass is 10.1. The zero-order chi connectivity index (χ0) is 18.0. The summed E-state index contributed by atoms with van der Waals surface area (Å²) >= 11 is 6.00. The molecular weight excluding hydrogens is 360 g/mol. The molecule has 1 amide bonds. The van der Waals surface area contributed by atoms with Crippen LogP contribution in [0.3, 0.4) is 0 Å². The lowest BCUT2D eigenvalue weighted by molar-refractivity contribution is 0.102. The van der Waals surface area contributed by atoms with Gasteiger partial charge < -0.3 is 15.8 Å². The van der Waals surface area contributed by atoms with Crippen LogP contribution in [0.5, 0.6) is 5.75 Å². The van der Waals surface area contributed by atoms with Crippen molar-refractivity contribution in [3.8, 4) is 5.75 Å². The molecule has 1 heterocycles. The Morgan fingerprint density at radius 1 is 1.28 bits per heavy atom. The van der Waals surface area contributed by atoms with Gasteiger partial charge in [0.1, 0.15) is 12.4 Å². The fourth-order valence-corrected chi connectivity index (χ4v) is 4.03. The van der Waals surface area contributed by atoms with Crippen LogP contribution >= 0.6 is 11.6 Å². The number of rotatable bonds is 5. The van der Waals surface area contributed by atoms with Crippen molar-refractivity contribution < 1.29 is 13.7 Å². The van der Waals surface area contributed by atoms with Crippen LogP contribution in [0, 0.1) is 0 Å².